The molecule has 2 rings (SSSR count). The van der Waals surface area contributed by atoms with Crippen LogP contribution in [0.5, 0.6) is 5.75 Å². The van der Waals surface area contributed by atoms with Crippen LogP contribution in [0.25, 0.3) is 0 Å². The molecule has 21 heavy (non-hydrogen) atoms. The first-order valence-electron chi connectivity index (χ1n) is 7.92. The van der Waals surface area contributed by atoms with Crippen molar-refractivity contribution in [1.82, 2.24) is 5.32 Å². The zero-order valence-electron chi connectivity index (χ0n) is 12.9. The molecular formula is C17H25Cl2NO. The Morgan fingerprint density at radius 3 is 2.57 bits per heavy atom. The van der Waals surface area contributed by atoms with E-state index >= 15 is 0 Å². The summed E-state index contributed by atoms with van der Waals surface area (Å²) < 4.78 is 5.24. The molecule has 1 saturated carbocycles. The van der Waals surface area contributed by atoms with Crippen molar-refractivity contribution in [3.05, 3.63) is 27.7 Å². The van der Waals surface area contributed by atoms with Crippen molar-refractivity contribution in [3.8, 4) is 5.75 Å². The lowest BCUT2D eigenvalue weighted by molar-refractivity contribution is 0.393. The molecule has 0 bridgehead atoms. The molecule has 0 aromatic heterocycles. The first-order valence-corrected chi connectivity index (χ1v) is 8.67. The lowest BCUT2D eigenvalue weighted by atomic mass is 9.93. The van der Waals surface area contributed by atoms with Gasteiger partial charge in [-0.3, -0.25) is 0 Å². The van der Waals surface area contributed by atoms with E-state index in [-0.39, 0.29) is 6.04 Å². The van der Waals surface area contributed by atoms with E-state index in [0.29, 0.717) is 10.8 Å². The first kappa shape index (κ1) is 16.9. The largest absolute Gasteiger partial charge is 0.495 e. The van der Waals surface area contributed by atoms with Gasteiger partial charge in [0.25, 0.3) is 0 Å². The third-order valence-corrected chi connectivity index (χ3v) is 4.95. The number of hydrogen-bond donors (Lipinski definition) is 1. The van der Waals surface area contributed by atoms with Crippen LogP contribution in [0.3, 0.4) is 0 Å². The topological polar surface area (TPSA) is 21.3 Å². The molecule has 1 fully saturated rings. The molecule has 1 N–H and O–H groups in total. The minimum absolute atomic E-state index is 0.281. The van der Waals surface area contributed by atoms with Crippen LogP contribution in [-0.4, -0.2) is 13.7 Å². The molecule has 2 nitrogen and oxygen atoms in total. The molecular weight excluding hydrogens is 305 g/mol. The molecule has 1 aliphatic carbocycles. The van der Waals surface area contributed by atoms with Gasteiger partial charge in [-0.25, -0.2) is 0 Å². The fourth-order valence-electron chi connectivity index (χ4n) is 3.19. The molecule has 1 atom stereocenters. The van der Waals surface area contributed by atoms with Gasteiger partial charge in [-0.15, -0.1) is 0 Å². The highest BCUT2D eigenvalue weighted by Crippen LogP contribution is 2.38. The van der Waals surface area contributed by atoms with Crippen LogP contribution in [-0.2, 0) is 0 Å². The predicted octanol–water partition coefficient (Wildman–Crippen LogP) is 5.62. The van der Waals surface area contributed by atoms with Crippen LogP contribution in [0.2, 0.25) is 10.0 Å². The van der Waals surface area contributed by atoms with Gasteiger partial charge < -0.3 is 10.1 Å². The molecule has 1 aromatic rings. The molecule has 0 saturated heterocycles. The van der Waals surface area contributed by atoms with Gasteiger partial charge in [0.15, 0.2) is 0 Å². The zero-order chi connectivity index (χ0) is 15.2. The Balaban J connectivity index is 2.20. The van der Waals surface area contributed by atoms with Gasteiger partial charge >= 0.3 is 0 Å². The maximum absolute atomic E-state index is 6.46. The first-order chi connectivity index (χ1) is 10.2. The summed E-state index contributed by atoms with van der Waals surface area (Å²) in [6.45, 7) is 3.18. The number of hydrogen-bond acceptors (Lipinski definition) is 2. The van der Waals surface area contributed by atoms with Gasteiger partial charge in [-0.2, -0.15) is 0 Å². The number of benzene rings is 1. The molecule has 0 radical (unpaired) electrons. The monoisotopic (exact) mass is 329 g/mol. The van der Waals surface area contributed by atoms with Crippen molar-refractivity contribution in [1.29, 1.82) is 0 Å². The summed E-state index contributed by atoms with van der Waals surface area (Å²) in [6.07, 6.45) is 7.66. The van der Waals surface area contributed by atoms with E-state index in [2.05, 4.69) is 12.2 Å². The highest BCUT2D eigenvalue weighted by molar-refractivity contribution is 6.34. The molecule has 0 amide bonds. The van der Waals surface area contributed by atoms with Gasteiger partial charge in [-0.1, -0.05) is 55.8 Å². The van der Waals surface area contributed by atoms with Gasteiger partial charge in [0.1, 0.15) is 5.75 Å². The normalized spacial score (nSPS) is 17.1. The average molecular weight is 330 g/mol. The average Bonchev–Trinajstić information content (AvgIpc) is 2.98. The molecule has 1 aliphatic rings. The fraction of sp³-hybridized carbons (Fsp3) is 0.647. The highest BCUT2D eigenvalue weighted by Gasteiger charge is 2.23. The van der Waals surface area contributed by atoms with Gasteiger partial charge in [0.2, 0.25) is 0 Å². The molecule has 118 valence electrons. The summed E-state index contributed by atoms with van der Waals surface area (Å²) in [5, 5.41) is 5.00. The Bertz CT molecular complexity index is 458. The Hall–Kier alpha value is -0.440. The molecule has 1 aromatic carbocycles. The second-order valence-corrected chi connectivity index (χ2v) is 6.72. The lowest BCUT2D eigenvalue weighted by Gasteiger charge is -2.24. The minimum Gasteiger partial charge on any atom is -0.495 e. The summed E-state index contributed by atoms with van der Waals surface area (Å²) in [6, 6.07) is 4.07. The molecule has 4 heteroatoms. The van der Waals surface area contributed by atoms with E-state index in [0.717, 1.165) is 35.9 Å². The smallest absolute Gasteiger partial charge is 0.138 e. The van der Waals surface area contributed by atoms with Gasteiger partial charge in [0.05, 0.1) is 12.1 Å². The fourth-order valence-corrected chi connectivity index (χ4v) is 3.72. The van der Waals surface area contributed by atoms with Crippen LogP contribution in [0.15, 0.2) is 12.1 Å². The third-order valence-electron chi connectivity index (χ3n) is 4.33. The van der Waals surface area contributed by atoms with Crippen molar-refractivity contribution >= 4 is 23.2 Å². The van der Waals surface area contributed by atoms with E-state index in [4.69, 9.17) is 27.9 Å². The maximum atomic E-state index is 6.46. The Morgan fingerprint density at radius 1 is 1.24 bits per heavy atom. The summed E-state index contributed by atoms with van der Waals surface area (Å²) in [4.78, 5) is 0. The van der Waals surface area contributed by atoms with E-state index in [9.17, 15) is 0 Å². The number of ether oxygens (including phenoxy) is 1. The van der Waals surface area contributed by atoms with Crippen molar-refractivity contribution in [2.24, 2.45) is 5.92 Å². The van der Waals surface area contributed by atoms with Crippen molar-refractivity contribution in [2.75, 3.05) is 13.7 Å². The number of nitrogens with one attached hydrogen (secondary N) is 1. The van der Waals surface area contributed by atoms with Crippen molar-refractivity contribution in [2.45, 2.75) is 51.5 Å². The van der Waals surface area contributed by atoms with Crippen LogP contribution in [0, 0.1) is 5.92 Å². The Morgan fingerprint density at radius 2 is 1.95 bits per heavy atom. The predicted molar refractivity (Wildman–Crippen MR) is 90.6 cm³/mol. The lowest BCUT2D eigenvalue weighted by Crippen LogP contribution is -2.24. The van der Waals surface area contributed by atoms with Crippen LogP contribution in [0.1, 0.15) is 57.1 Å². The summed E-state index contributed by atoms with van der Waals surface area (Å²) in [5.74, 6) is 1.44. The number of rotatable bonds is 7. The van der Waals surface area contributed by atoms with Crippen LogP contribution in [0.4, 0.5) is 0 Å². The molecule has 0 aliphatic heterocycles. The van der Waals surface area contributed by atoms with Crippen molar-refractivity contribution < 1.29 is 4.74 Å². The quantitative estimate of drug-likeness (QED) is 0.700. The second kappa shape index (κ2) is 8.26. The standard InChI is InChI=1S/C17H25Cl2NO/c1-3-8-20-16(9-12-6-4-5-7-12)13-10-15(19)17(21-2)11-14(13)18/h10-12,16,20H,3-9H2,1-2H3. The molecule has 1 unspecified atom stereocenters. The summed E-state index contributed by atoms with van der Waals surface area (Å²) in [7, 11) is 1.61. The SMILES string of the molecule is CCCNC(CC1CCCC1)c1cc(Cl)c(OC)cc1Cl. The van der Waals surface area contributed by atoms with E-state index in [1.54, 1.807) is 7.11 Å². The van der Waals surface area contributed by atoms with Gasteiger partial charge in [-0.05, 0) is 36.9 Å². The number of halogens is 2. The molecule has 0 spiro atoms. The third kappa shape index (κ3) is 4.51. The molecule has 0 heterocycles. The summed E-state index contributed by atoms with van der Waals surface area (Å²) in [5.41, 5.74) is 1.10. The van der Waals surface area contributed by atoms with Crippen LogP contribution < -0.4 is 10.1 Å². The Kier molecular flexibility index (Phi) is 6.66. The minimum atomic E-state index is 0.281. The Labute approximate surface area is 138 Å². The maximum Gasteiger partial charge on any atom is 0.138 e. The van der Waals surface area contributed by atoms with E-state index in [1.165, 1.54) is 25.7 Å². The van der Waals surface area contributed by atoms with E-state index in [1.807, 2.05) is 12.1 Å². The summed E-state index contributed by atoms with van der Waals surface area (Å²) >= 11 is 12.7. The highest BCUT2D eigenvalue weighted by atomic mass is 35.5. The number of methoxy groups -OCH3 is 1. The van der Waals surface area contributed by atoms with Gasteiger partial charge in [0, 0.05) is 17.1 Å². The van der Waals surface area contributed by atoms with E-state index < -0.39 is 0 Å². The van der Waals surface area contributed by atoms with Crippen LogP contribution >= 0.6 is 23.2 Å². The second-order valence-electron chi connectivity index (χ2n) is 5.90. The zero-order valence-corrected chi connectivity index (χ0v) is 14.4. The van der Waals surface area contributed by atoms with Crippen molar-refractivity contribution in [3.63, 3.8) is 0 Å².